The number of benzene rings is 1. The van der Waals surface area contributed by atoms with E-state index in [9.17, 15) is 18.3 Å². The molecule has 0 saturated carbocycles. The molecule has 3 rings (SSSR count). The van der Waals surface area contributed by atoms with Crippen LogP contribution < -0.4 is 4.72 Å². The number of aromatic nitrogens is 2. The van der Waals surface area contributed by atoms with Gasteiger partial charge < -0.3 is 5.11 Å². The van der Waals surface area contributed by atoms with Gasteiger partial charge in [-0.2, -0.15) is 5.10 Å². The number of rotatable bonds is 4. The molecule has 0 bridgehead atoms. The second kappa shape index (κ2) is 5.69. The molecule has 2 aromatic rings. The lowest BCUT2D eigenvalue weighted by Crippen LogP contribution is -2.17. The fraction of sp³-hybridized carbons (Fsp3) is 0.333. The van der Waals surface area contributed by atoms with Gasteiger partial charge in [0, 0.05) is 13.2 Å². The lowest BCUT2D eigenvalue weighted by molar-refractivity contribution is 0.0698. The lowest BCUT2D eigenvalue weighted by atomic mass is 9.89. The third-order valence-electron chi connectivity index (χ3n) is 3.95. The van der Waals surface area contributed by atoms with Gasteiger partial charge in [0.2, 0.25) is 0 Å². The van der Waals surface area contributed by atoms with E-state index in [1.807, 2.05) is 0 Å². The SMILES string of the molecule is Cn1cc(S(=O)(=O)Nc2cc3c(cc2C(=O)O)CCCC3)cn1. The van der Waals surface area contributed by atoms with Crippen molar-refractivity contribution in [3.05, 3.63) is 41.2 Å². The third-order valence-corrected chi connectivity index (χ3v) is 5.27. The van der Waals surface area contributed by atoms with Crippen LogP contribution >= 0.6 is 0 Å². The molecule has 0 radical (unpaired) electrons. The van der Waals surface area contributed by atoms with Crippen LogP contribution in [0.25, 0.3) is 0 Å². The standard InChI is InChI=1S/C15H17N3O4S/c1-18-9-12(8-16-18)23(21,22)17-14-7-11-5-3-2-4-10(11)6-13(14)15(19)20/h6-9,17H,2-5H2,1H3,(H,19,20). The highest BCUT2D eigenvalue weighted by Gasteiger charge is 2.22. The molecule has 23 heavy (non-hydrogen) atoms. The fourth-order valence-electron chi connectivity index (χ4n) is 2.79. The van der Waals surface area contributed by atoms with Crippen molar-refractivity contribution in [2.24, 2.45) is 7.05 Å². The van der Waals surface area contributed by atoms with Gasteiger partial charge in [-0.1, -0.05) is 0 Å². The Morgan fingerprint density at radius 3 is 2.48 bits per heavy atom. The molecule has 1 heterocycles. The number of carboxylic acids is 1. The Bertz CT molecular complexity index is 871. The Hall–Kier alpha value is -2.35. The summed E-state index contributed by atoms with van der Waals surface area (Å²) in [4.78, 5) is 11.5. The number of hydrogen-bond acceptors (Lipinski definition) is 4. The van der Waals surface area contributed by atoms with Crippen LogP contribution in [-0.4, -0.2) is 29.3 Å². The molecular formula is C15H17N3O4S. The smallest absolute Gasteiger partial charge is 0.337 e. The van der Waals surface area contributed by atoms with Crippen molar-refractivity contribution in [1.29, 1.82) is 0 Å². The van der Waals surface area contributed by atoms with Gasteiger partial charge in [0.25, 0.3) is 10.0 Å². The summed E-state index contributed by atoms with van der Waals surface area (Å²) in [6, 6.07) is 3.23. The maximum absolute atomic E-state index is 12.4. The number of nitrogens with one attached hydrogen (secondary N) is 1. The van der Waals surface area contributed by atoms with Gasteiger partial charge in [-0.15, -0.1) is 0 Å². The van der Waals surface area contributed by atoms with Gasteiger partial charge in [-0.25, -0.2) is 13.2 Å². The Balaban J connectivity index is 2.03. The monoisotopic (exact) mass is 335 g/mol. The number of carbonyl (C=O) groups is 1. The van der Waals surface area contributed by atoms with E-state index in [4.69, 9.17) is 0 Å². The van der Waals surface area contributed by atoms with E-state index in [2.05, 4.69) is 9.82 Å². The van der Waals surface area contributed by atoms with E-state index in [1.54, 1.807) is 19.2 Å². The van der Waals surface area contributed by atoms with Crippen LogP contribution in [0.1, 0.15) is 34.3 Å². The molecule has 2 N–H and O–H groups in total. The average Bonchev–Trinajstić information content (AvgIpc) is 2.93. The zero-order valence-corrected chi connectivity index (χ0v) is 13.4. The average molecular weight is 335 g/mol. The van der Waals surface area contributed by atoms with E-state index in [0.29, 0.717) is 0 Å². The summed E-state index contributed by atoms with van der Waals surface area (Å²) >= 11 is 0. The van der Waals surface area contributed by atoms with Crippen molar-refractivity contribution >= 4 is 21.7 Å². The number of hydrogen-bond donors (Lipinski definition) is 2. The van der Waals surface area contributed by atoms with Crippen LogP contribution in [0.3, 0.4) is 0 Å². The molecule has 0 saturated heterocycles. The van der Waals surface area contributed by atoms with E-state index in [0.717, 1.165) is 36.8 Å². The summed E-state index contributed by atoms with van der Waals surface area (Å²) in [5.74, 6) is -1.15. The maximum Gasteiger partial charge on any atom is 0.337 e. The number of nitrogens with zero attached hydrogens (tertiary/aromatic N) is 2. The molecule has 1 aromatic carbocycles. The minimum absolute atomic E-state index is 0.00550. The number of fused-ring (bicyclic) bond motifs is 1. The Morgan fingerprint density at radius 1 is 1.26 bits per heavy atom. The van der Waals surface area contributed by atoms with Gasteiger partial charge in [0.05, 0.1) is 17.4 Å². The molecular weight excluding hydrogens is 318 g/mol. The Kier molecular flexibility index (Phi) is 3.85. The normalized spacial score (nSPS) is 14.3. The molecule has 122 valence electrons. The van der Waals surface area contributed by atoms with Crippen molar-refractivity contribution in [2.45, 2.75) is 30.6 Å². The van der Waals surface area contributed by atoms with Crippen molar-refractivity contribution in [3.8, 4) is 0 Å². The van der Waals surface area contributed by atoms with Gasteiger partial charge in [-0.05, 0) is 48.9 Å². The number of aromatic carboxylic acids is 1. The Labute approximate surface area is 134 Å². The van der Waals surface area contributed by atoms with E-state index < -0.39 is 16.0 Å². The first-order chi connectivity index (χ1) is 10.9. The third kappa shape index (κ3) is 3.07. The van der Waals surface area contributed by atoms with E-state index >= 15 is 0 Å². The van der Waals surface area contributed by atoms with Gasteiger partial charge in [0.1, 0.15) is 4.90 Å². The molecule has 0 amide bonds. The number of anilines is 1. The summed E-state index contributed by atoms with van der Waals surface area (Å²) < 4.78 is 28.6. The molecule has 1 aliphatic carbocycles. The molecule has 0 unspecified atom stereocenters. The number of aryl methyl sites for hydroxylation is 3. The molecule has 0 spiro atoms. The quantitative estimate of drug-likeness (QED) is 0.887. The molecule has 0 fully saturated rings. The summed E-state index contributed by atoms with van der Waals surface area (Å²) in [7, 11) is -2.26. The molecule has 0 atom stereocenters. The molecule has 8 heteroatoms. The zero-order chi connectivity index (χ0) is 16.6. The second-order valence-corrected chi connectivity index (χ2v) is 7.32. The van der Waals surface area contributed by atoms with Gasteiger partial charge >= 0.3 is 5.97 Å². The topological polar surface area (TPSA) is 101 Å². The van der Waals surface area contributed by atoms with Crippen molar-refractivity contribution in [1.82, 2.24) is 9.78 Å². The highest BCUT2D eigenvalue weighted by Crippen LogP contribution is 2.29. The fourth-order valence-corrected chi connectivity index (χ4v) is 3.84. The molecule has 1 aromatic heterocycles. The highest BCUT2D eigenvalue weighted by atomic mass is 32.2. The molecule has 0 aliphatic heterocycles. The first kappa shape index (κ1) is 15.5. The zero-order valence-electron chi connectivity index (χ0n) is 12.6. The van der Waals surface area contributed by atoms with Crippen LogP contribution in [0.15, 0.2) is 29.4 Å². The van der Waals surface area contributed by atoms with Crippen LogP contribution in [0, 0.1) is 0 Å². The van der Waals surface area contributed by atoms with Crippen LogP contribution in [-0.2, 0) is 29.9 Å². The predicted octanol–water partition coefficient (Wildman–Crippen LogP) is 1.80. The van der Waals surface area contributed by atoms with Crippen LogP contribution in [0.2, 0.25) is 0 Å². The van der Waals surface area contributed by atoms with Crippen molar-refractivity contribution < 1.29 is 18.3 Å². The largest absolute Gasteiger partial charge is 0.478 e. The number of sulfonamides is 1. The summed E-state index contributed by atoms with van der Waals surface area (Å²) in [5, 5.41) is 13.2. The Morgan fingerprint density at radius 2 is 1.91 bits per heavy atom. The minimum Gasteiger partial charge on any atom is -0.478 e. The first-order valence-electron chi connectivity index (χ1n) is 7.27. The summed E-state index contributed by atoms with van der Waals surface area (Å²) in [6.45, 7) is 0. The maximum atomic E-state index is 12.4. The summed E-state index contributed by atoms with van der Waals surface area (Å²) in [6.07, 6.45) is 6.28. The lowest BCUT2D eigenvalue weighted by Gasteiger charge is -2.19. The van der Waals surface area contributed by atoms with Gasteiger partial charge in [0.15, 0.2) is 0 Å². The van der Waals surface area contributed by atoms with Crippen molar-refractivity contribution in [3.63, 3.8) is 0 Å². The van der Waals surface area contributed by atoms with E-state index in [-0.39, 0.29) is 16.1 Å². The minimum atomic E-state index is -3.87. The van der Waals surface area contributed by atoms with Gasteiger partial charge in [-0.3, -0.25) is 9.40 Å². The van der Waals surface area contributed by atoms with E-state index in [1.165, 1.54) is 17.1 Å². The van der Waals surface area contributed by atoms with Crippen molar-refractivity contribution in [2.75, 3.05) is 4.72 Å². The first-order valence-corrected chi connectivity index (χ1v) is 8.76. The highest BCUT2D eigenvalue weighted by molar-refractivity contribution is 7.92. The predicted molar refractivity (Wildman–Crippen MR) is 84.1 cm³/mol. The van der Waals surface area contributed by atoms with Crippen LogP contribution in [0.4, 0.5) is 5.69 Å². The summed E-state index contributed by atoms with van der Waals surface area (Å²) in [5.41, 5.74) is 2.06. The molecule has 7 nitrogen and oxygen atoms in total. The second-order valence-electron chi connectivity index (χ2n) is 5.63. The molecule has 1 aliphatic rings. The van der Waals surface area contributed by atoms with Crippen LogP contribution in [0.5, 0.6) is 0 Å². The number of carboxylic acid groups (broad SMARTS) is 1.